The van der Waals surface area contributed by atoms with E-state index in [4.69, 9.17) is 0 Å². The van der Waals surface area contributed by atoms with Gasteiger partial charge in [0.25, 0.3) is 10.0 Å². The molecule has 0 saturated heterocycles. The molecule has 1 N–H and O–H groups in total. The first kappa shape index (κ1) is 14.7. The first-order valence-electron chi connectivity index (χ1n) is 6.13. The van der Waals surface area contributed by atoms with Crippen molar-refractivity contribution in [3.8, 4) is 5.82 Å². The fourth-order valence-electron chi connectivity index (χ4n) is 1.75. The fraction of sp³-hybridized carbons (Fsp3) is 0. The predicted octanol–water partition coefficient (Wildman–Crippen LogP) is 2.23. The van der Waals surface area contributed by atoms with Gasteiger partial charge in [0.1, 0.15) is 24.3 Å². The Kier molecular flexibility index (Phi) is 3.90. The van der Waals surface area contributed by atoms with Gasteiger partial charge in [0.05, 0.1) is 4.90 Å². The smallest absolute Gasteiger partial charge is 0.263 e. The minimum Gasteiger partial charge on any atom is -0.290 e. The van der Waals surface area contributed by atoms with Crippen LogP contribution in [-0.4, -0.2) is 27.9 Å². The Balaban J connectivity index is 1.89. The Morgan fingerprint density at radius 1 is 1.14 bits per heavy atom. The Morgan fingerprint density at radius 3 is 2.59 bits per heavy atom. The molecule has 0 saturated carbocycles. The highest BCUT2D eigenvalue weighted by molar-refractivity contribution is 9.10. The molecule has 0 amide bonds. The summed E-state index contributed by atoms with van der Waals surface area (Å²) in [6.45, 7) is 0. The lowest BCUT2D eigenvalue weighted by Gasteiger charge is -2.08. The molecule has 1 aromatic carbocycles. The van der Waals surface area contributed by atoms with Crippen molar-refractivity contribution >= 4 is 31.8 Å². The maximum absolute atomic E-state index is 12.3. The molecule has 2 aromatic heterocycles. The summed E-state index contributed by atoms with van der Waals surface area (Å²) < 4.78 is 29.5. The van der Waals surface area contributed by atoms with Crippen LogP contribution in [0.4, 0.5) is 5.82 Å². The van der Waals surface area contributed by atoms with E-state index in [2.05, 4.69) is 35.6 Å². The minimum absolute atomic E-state index is 0.151. The third kappa shape index (κ3) is 3.15. The van der Waals surface area contributed by atoms with E-state index in [1.165, 1.54) is 24.5 Å². The minimum atomic E-state index is -3.70. The number of aromatic nitrogens is 4. The van der Waals surface area contributed by atoms with Gasteiger partial charge in [0.15, 0.2) is 0 Å². The van der Waals surface area contributed by atoms with E-state index in [-0.39, 0.29) is 10.7 Å². The quantitative estimate of drug-likeness (QED) is 0.750. The number of nitrogens with one attached hydrogen (secondary N) is 1. The number of hydrogen-bond acceptors (Lipinski definition) is 5. The van der Waals surface area contributed by atoms with Gasteiger partial charge in [-0.05, 0) is 24.3 Å². The Bertz CT molecular complexity index is 879. The lowest BCUT2D eigenvalue weighted by Crippen LogP contribution is -2.14. The van der Waals surface area contributed by atoms with Crippen LogP contribution in [-0.2, 0) is 10.0 Å². The van der Waals surface area contributed by atoms with Gasteiger partial charge in [-0.15, -0.1) is 0 Å². The van der Waals surface area contributed by atoms with Gasteiger partial charge in [-0.1, -0.05) is 15.9 Å². The van der Waals surface area contributed by atoms with Crippen molar-refractivity contribution in [2.24, 2.45) is 0 Å². The van der Waals surface area contributed by atoms with Crippen LogP contribution in [0.1, 0.15) is 0 Å². The van der Waals surface area contributed by atoms with Gasteiger partial charge in [0, 0.05) is 22.9 Å². The Hall–Kier alpha value is -2.26. The van der Waals surface area contributed by atoms with Gasteiger partial charge < -0.3 is 0 Å². The van der Waals surface area contributed by atoms with Crippen LogP contribution < -0.4 is 4.72 Å². The summed E-state index contributed by atoms with van der Waals surface area (Å²) >= 11 is 3.27. The highest BCUT2D eigenvalue weighted by atomic mass is 79.9. The van der Waals surface area contributed by atoms with Crippen molar-refractivity contribution in [1.82, 2.24) is 19.5 Å². The molecule has 112 valence electrons. The molecule has 0 spiro atoms. The molecule has 9 heteroatoms. The van der Waals surface area contributed by atoms with Gasteiger partial charge >= 0.3 is 0 Å². The molecule has 0 unspecified atom stereocenters. The average Bonchev–Trinajstić information content (AvgIpc) is 3.02. The number of imidazole rings is 1. The number of anilines is 1. The largest absolute Gasteiger partial charge is 0.290 e. The number of nitrogens with zero attached hydrogens (tertiary/aromatic N) is 4. The molecule has 0 aliphatic heterocycles. The van der Waals surface area contributed by atoms with Gasteiger partial charge in [-0.25, -0.2) is 23.4 Å². The van der Waals surface area contributed by atoms with Crippen LogP contribution in [0.3, 0.4) is 0 Å². The molecule has 22 heavy (non-hydrogen) atoms. The molecule has 0 bridgehead atoms. The molecule has 0 aliphatic carbocycles. The van der Waals surface area contributed by atoms with Crippen molar-refractivity contribution in [3.63, 3.8) is 0 Å². The van der Waals surface area contributed by atoms with Crippen LogP contribution in [0.15, 0.2) is 64.7 Å². The first-order chi connectivity index (χ1) is 10.5. The van der Waals surface area contributed by atoms with E-state index in [0.717, 1.165) is 4.47 Å². The Morgan fingerprint density at radius 2 is 1.91 bits per heavy atom. The van der Waals surface area contributed by atoms with Gasteiger partial charge in [-0.3, -0.25) is 9.29 Å². The number of benzene rings is 1. The number of halogens is 1. The summed E-state index contributed by atoms with van der Waals surface area (Å²) in [6, 6.07) is 7.85. The molecular weight excluding hydrogens is 370 g/mol. The van der Waals surface area contributed by atoms with E-state index < -0.39 is 10.0 Å². The maximum atomic E-state index is 12.3. The van der Waals surface area contributed by atoms with Crippen molar-refractivity contribution in [3.05, 3.63) is 59.9 Å². The molecule has 3 rings (SSSR count). The average molecular weight is 380 g/mol. The zero-order valence-electron chi connectivity index (χ0n) is 11.1. The summed E-state index contributed by atoms with van der Waals surface area (Å²) in [5, 5.41) is 0. The second-order valence-corrected chi connectivity index (χ2v) is 6.89. The second kappa shape index (κ2) is 5.85. The summed E-state index contributed by atoms with van der Waals surface area (Å²) in [7, 11) is -3.70. The van der Waals surface area contributed by atoms with Crippen LogP contribution >= 0.6 is 15.9 Å². The number of rotatable bonds is 4. The van der Waals surface area contributed by atoms with Crippen molar-refractivity contribution < 1.29 is 8.42 Å². The molecule has 7 nitrogen and oxygen atoms in total. The zero-order chi connectivity index (χ0) is 15.6. The first-order valence-corrected chi connectivity index (χ1v) is 8.41. The highest BCUT2D eigenvalue weighted by Gasteiger charge is 2.15. The summed E-state index contributed by atoms with van der Waals surface area (Å²) in [5.41, 5.74) is 0. The number of sulfonamides is 1. The number of hydrogen-bond donors (Lipinski definition) is 1. The SMILES string of the molecule is O=S(=O)(Nc1cc(-n2ccnc2)ncn1)c1ccc(Br)cc1. The standard InChI is InChI=1S/C13H10BrN5O2S/c14-10-1-3-11(4-2-10)22(20,21)18-12-7-13(17-8-16-12)19-6-5-15-9-19/h1-9H,(H,16,17,18). The van der Waals surface area contributed by atoms with Crippen LogP contribution in [0.25, 0.3) is 5.82 Å². The third-order valence-electron chi connectivity index (χ3n) is 2.78. The molecule has 3 aromatic rings. The predicted molar refractivity (Wildman–Crippen MR) is 84.1 cm³/mol. The van der Waals surface area contributed by atoms with Gasteiger partial charge in [-0.2, -0.15) is 0 Å². The molecule has 2 heterocycles. The topological polar surface area (TPSA) is 89.8 Å². The molecule has 0 radical (unpaired) electrons. The van der Waals surface area contributed by atoms with E-state index in [1.807, 2.05) is 0 Å². The maximum Gasteiger partial charge on any atom is 0.263 e. The van der Waals surface area contributed by atoms with Crippen LogP contribution in [0.5, 0.6) is 0 Å². The third-order valence-corrected chi connectivity index (χ3v) is 4.68. The van der Waals surface area contributed by atoms with E-state index in [9.17, 15) is 8.42 Å². The van der Waals surface area contributed by atoms with E-state index in [1.54, 1.807) is 35.4 Å². The second-order valence-electron chi connectivity index (χ2n) is 4.29. The lowest BCUT2D eigenvalue weighted by molar-refractivity contribution is 0.601. The molecule has 0 aliphatic rings. The van der Waals surface area contributed by atoms with Crippen molar-refractivity contribution in [2.75, 3.05) is 4.72 Å². The fourth-order valence-corrected chi connectivity index (χ4v) is 3.01. The molecule has 0 fully saturated rings. The van der Waals surface area contributed by atoms with Crippen LogP contribution in [0, 0.1) is 0 Å². The van der Waals surface area contributed by atoms with Gasteiger partial charge in [0.2, 0.25) is 0 Å². The van der Waals surface area contributed by atoms with Crippen molar-refractivity contribution in [1.29, 1.82) is 0 Å². The van der Waals surface area contributed by atoms with Crippen molar-refractivity contribution in [2.45, 2.75) is 4.90 Å². The summed E-state index contributed by atoms with van der Waals surface area (Å²) in [6.07, 6.45) is 6.16. The molecular formula is C13H10BrN5O2S. The van der Waals surface area contributed by atoms with Crippen LogP contribution in [0.2, 0.25) is 0 Å². The highest BCUT2D eigenvalue weighted by Crippen LogP contribution is 2.18. The van der Waals surface area contributed by atoms with E-state index in [0.29, 0.717) is 5.82 Å². The normalized spacial score (nSPS) is 11.3. The lowest BCUT2D eigenvalue weighted by atomic mass is 10.4. The monoisotopic (exact) mass is 379 g/mol. The van der Waals surface area contributed by atoms with E-state index >= 15 is 0 Å². The Labute approximate surface area is 135 Å². The zero-order valence-corrected chi connectivity index (χ0v) is 13.5. The summed E-state index contributed by atoms with van der Waals surface area (Å²) in [4.78, 5) is 12.1. The molecule has 0 atom stereocenters. The summed E-state index contributed by atoms with van der Waals surface area (Å²) in [5.74, 6) is 0.697.